The molecule has 1 aliphatic rings. The lowest BCUT2D eigenvalue weighted by atomic mass is 9.90. The van der Waals surface area contributed by atoms with Gasteiger partial charge < -0.3 is 0 Å². The lowest BCUT2D eigenvalue weighted by molar-refractivity contribution is 1.18. The van der Waals surface area contributed by atoms with Gasteiger partial charge in [0, 0.05) is 22.6 Å². The number of hydrogen-bond donors (Lipinski definition) is 0. The molecule has 0 saturated heterocycles. The van der Waals surface area contributed by atoms with Crippen LogP contribution in [0, 0.1) is 0 Å². The van der Waals surface area contributed by atoms with Gasteiger partial charge in [-0.2, -0.15) is 0 Å². The predicted octanol–water partition coefficient (Wildman–Crippen LogP) is 13.9. The Labute approximate surface area is 322 Å². The van der Waals surface area contributed by atoms with Gasteiger partial charge in [-0.25, -0.2) is 4.98 Å². The zero-order valence-electron chi connectivity index (χ0n) is 30.4. The second kappa shape index (κ2) is 15.1. The topological polar surface area (TPSA) is 25.2 Å². The Bertz CT molecular complexity index is 2790. The van der Waals surface area contributed by atoms with Crippen LogP contribution in [-0.2, 0) is 0 Å². The van der Waals surface area contributed by atoms with Crippen LogP contribution in [0.5, 0.6) is 0 Å². The van der Waals surface area contributed by atoms with Gasteiger partial charge in [0.2, 0.25) is 0 Å². The van der Waals surface area contributed by atoms with Crippen LogP contribution < -0.4 is 0 Å². The van der Waals surface area contributed by atoms with Crippen molar-refractivity contribution in [3.05, 3.63) is 218 Å². The number of allylic oxidation sites excluding steroid dienone is 5. The van der Waals surface area contributed by atoms with Crippen molar-refractivity contribution in [3.63, 3.8) is 0 Å². The first-order valence-electron chi connectivity index (χ1n) is 18.7. The first kappa shape index (κ1) is 33.7. The number of dihydropyridines is 1. The molecule has 1 aliphatic heterocycles. The van der Waals surface area contributed by atoms with E-state index in [0.717, 1.165) is 49.8 Å². The average Bonchev–Trinajstić information content (AvgIpc) is 3.27. The lowest BCUT2D eigenvalue weighted by Gasteiger charge is -2.16. The maximum Gasteiger partial charge on any atom is 0.0794 e. The second-order valence-corrected chi connectivity index (χ2v) is 13.9. The predicted molar refractivity (Wildman–Crippen MR) is 235 cm³/mol. The van der Waals surface area contributed by atoms with E-state index in [4.69, 9.17) is 4.98 Å². The van der Waals surface area contributed by atoms with Gasteiger partial charge in [-0.3, -0.25) is 4.99 Å². The summed E-state index contributed by atoms with van der Waals surface area (Å²) in [5, 5.41) is 3.44. The minimum atomic E-state index is 0.707. The molecule has 2 heterocycles. The molecule has 0 spiro atoms. The van der Waals surface area contributed by atoms with Gasteiger partial charge in [0.05, 0.1) is 17.8 Å². The molecule has 0 radical (unpaired) electrons. The molecular weight excluding hydrogens is 665 g/mol. The summed E-state index contributed by atoms with van der Waals surface area (Å²) >= 11 is 0. The maximum absolute atomic E-state index is 5.43. The van der Waals surface area contributed by atoms with Crippen molar-refractivity contribution in [3.8, 4) is 55.8 Å². The van der Waals surface area contributed by atoms with Crippen LogP contribution in [-0.4, -0.2) is 17.7 Å². The van der Waals surface area contributed by atoms with Gasteiger partial charge in [-0.1, -0.05) is 189 Å². The Morgan fingerprint density at radius 3 is 1.64 bits per heavy atom. The van der Waals surface area contributed by atoms with Crippen LogP contribution in [0.1, 0.15) is 5.56 Å². The molecule has 0 bridgehead atoms. The molecule has 2 nitrogen and oxygen atoms in total. The van der Waals surface area contributed by atoms with Crippen molar-refractivity contribution in [2.45, 2.75) is 0 Å². The highest BCUT2D eigenvalue weighted by atomic mass is 14.7. The molecule has 9 rings (SSSR count). The zero-order chi connectivity index (χ0) is 37.0. The Morgan fingerprint density at radius 1 is 0.509 bits per heavy atom. The van der Waals surface area contributed by atoms with Crippen LogP contribution in [0.4, 0.5) is 0 Å². The third-order valence-corrected chi connectivity index (χ3v) is 10.4. The van der Waals surface area contributed by atoms with E-state index in [2.05, 4.69) is 200 Å². The molecule has 0 fully saturated rings. The zero-order valence-corrected chi connectivity index (χ0v) is 30.4. The van der Waals surface area contributed by atoms with E-state index in [1.165, 1.54) is 44.3 Å². The van der Waals surface area contributed by atoms with Crippen LogP contribution in [0.2, 0.25) is 0 Å². The van der Waals surface area contributed by atoms with Crippen LogP contribution in [0.25, 0.3) is 83.0 Å². The van der Waals surface area contributed by atoms with E-state index in [0.29, 0.717) is 6.54 Å². The second-order valence-electron chi connectivity index (χ2n) is 13.9. The van der Waals surface area contributed by atoms with E-state index in [1.807, 2.05) is 18.4 Å². The molecule has 0 aliphatic carbocycles. The third-order valence-electron chi connectivity index (χ3n) is 10.4. The highest BCUT2D eigenvalue weighted by Crippen LogP contribution is 2.41. The number of aromatic nitrogens is 1. The standard InChI is InChI=1S/C53H38N2/c1-37(12-10-13-38-14-11-33-54-36-38)39-21-31-46(32-22-39)52-35-50(45-29-25-43(26-30-45)41-17-6-3-7-18-41)51-34-49(47-19-8-9-20-48(47)53(51)55-52)44-27-23-42(24-28-44)40-15-4-2-5-16-40/h2-35H,1,36H2/b12-10-,38-13-. The van der Waals surface area contributed by atoms with E-state index in [9.17, 15) is 0 Å². The smallest absolute Gasteiger partial charge is 0.0794 e. The number of fused-ring (bicyclic) bond motifs is 3. The van der Waals surface area contributed by atoms with Gasteiger partial charge in [0.25, 0.3) is 0 Å². The molecule has 2 heteroatoms. The average molecular weight is 703 g/mol. The van der Waals surface area contributed by atoms with E-state index < -0.39 is 0 Å². The largest absolute Gasteiger partial charge is 0.288 e. The molecule has 0 amide bonds. The summed E-state index contributed by atoms with van der Waals surface area (Å²) < 4.78 is 0. The number of aliphatic imine (C=N–C) groups is 1. The fourth-order valence-corrected chi connectivity index (χ4v) is 7.41. The molecule has 260 valence electrons. The number of hydrogen-bond acceptors (Lipinski definition) is 2. The number of pyridine rings is 1. The van der Waals surface area contributed by atoms with Crippen molar-refractivity contribution in [1.29, 1.82) is 0 Å². The van der Waals surface area contributed by atoms with Gasteiger partial charge in [-0.15, -0.1) is 0 Å². The van der Waals surface area contributed by atoms with Crippen molar-refractivity contribution in [2.75, 3.05) is 6.54 Å². The number of benzene rings is 7. The maximum atomic E-state index is 5.43. The van der Waals surface area contributed by atoms with Crippen molar-refractivity contribution in [2.24, 2.45) is 4.99 Å². The lowest BCUT2D eigenvalue weighted by Crippen LogP contribution is -1.94. The van der Waals surface area contributed by atoms with Crippen molar-refractivity contribution >= 4 is 33.5 Å². The highest BCUT2D eigenvalue weighted by molar-refractivity contribution is 6.16. The third kappa shape index (κ3) is 7.02. The summed E-state index contributed by atoms with van der Waals surface area (Å²) in [5.74, 6) is 0. The summed E-state index contributed by atoms with van der Waals surface area (Å²) in [5.41, 5.74) is 15.7. The molecule has 8 aromatic rings. The van der Waals surface area contributed by atoms with E-state index in [1.54, 1.807) is 0 Å². The van der Waals surface area contributed by atoms with Crippen LogP contribution in [0.3, 0.4) is 0 Å². The summed E-state index contributed by atoms with van der Waals surface area (Å²) in [7, 11) is 0. The van der Waals surface area contributed by atoms with Crippen LogP contribution in [0.15, 0.2) is 217 Å². The molecule has 7 aromatic carbocycles. The Balaban J connectivity index is 1.15. The highest BCUT2D eigenvalue weighted by Gasteiger charge is 2.16. The molecule has 0 saturated carbocycles. The molecule has 0 N–H and O–H groups in total. The Kier molecular flexibility index (Phi) is 9.22. The monoisotopic (exact) mass is 702 g/mol. The molecule has 55 heavy (non-hydrogen) atoms. The molecule has 1 aromatic heterocycles. The van der Waals surface area contributed by atoms with Gasteiger partial charge in [-0.05, 0) is 84.8 Å². The summed E-state index contributed by atoms with van der Waals surface area (Å²) in [6, 6.07) is 60.8. The van der Waals surface area contributed by atoms with Crippen LogP contribution >= 0.6 is 0 Å². The summed E-state index contributed by atoms with van der Waals surface area (Å²) in [4.78, 5) is 9.75. The minimum Gasteiger partial charge on any atom is -0.288 e. The number of nitrogens with zero attached hydrogens (tertiary/aromatic N) is 2. The first-order chi connectivity index (χ1) is 27.2. The molecular formula is C53H38N2. The van der Waals surface area contributed by atoms with Crippen molar-refractivity contribution in [1.82, 2.24) is 4.98 Å². The first-order valence-corrected chi connectivity index (χ1v) is 18.7. The Hall–Kier alpha value is -7.16. The minimum absolute atomic E-state index is 0.707. The summed E-state index contributed by atoms with van der Waals surface area (Å²) in [6.45, 7) is 5.05. The van der Waals surface area contributed by atoms with E-state index in [-0.39, 0.29) is 0 Å². The normalized spacial score (nSPS) is 13.3. The SMILES string of the molecule is C=C(/C=C\C=C1\C=CC=NC1)c1ccc(-c2cc(-c3ccc(-c4ccccc4)cc3)c3cc(-c4ccc(-c5ccccc5)cc4)c4ccccc4c3n2)cc1. The summed E-state index contributed by atoms with van der Waals surface area (Å²) in [6.07, 6.45) is 12.1. The van der Waals surface area contributed by atoms with Gasteiger partial charge in [0.1, 0.15) is 0 Å². The number of rotatable bonds is 8. The molecule has 0 unspecified atom stereocenters. The van der Waals surface area contributed by atoms with Gasteiger partial charge in [0.15, 0.2) is 0 Å². The Morgan fingerprint density at radius 2 is 1.04 bits per heavy atom. The fourth-order valence-electron chi connectivity index (χ4n) is 7.41. The molecule has 0 atom stereocenters. The van der Waals surface area contributed by atoms with Crippen molar-refractivity contribution < 1.29 is 0 Å². The fraction of sp³-hybridized carbons (Fsp3) is 0.0189. The quantitative estimate of drug-likeness (QED) is 0.114. The van der Waals surface area contributed by atoms with E-state index >= 15 is 0 Å². The van der Waals surface area contributed by atoms with Gasteiger partial charge >= 0.3 is 0 Å².